The van der Waals surface area contributed by atoms with Gasteiger partial charge in [0, 0.05) is 12.3 Å². The predicted octanol–water partition coefficient (Wildman–Crippen LogP) is -0.458. The predicted molar refractivity (Wildman–Crippen MR) is 32.8 cm³/mol. The molecule has 0 amide bonds. The topological polar surface area (TPSA) is 60.2 Å². The van der Waals surface area contributed by atoms with E-state index in [0.717, 1.165) is 6.26 Å². The second kappa shape index (κ2) is 2.46. The summed E-state index contributed by atoms with van der Waals surface area (Å²) in [6, 6.07) is 0.438. The van der Waals surface area contributed by atoms with Crippen molar-refractivity contribution in [1.82, 2.24) is 0 Å². The highest BCUT2D eigenvalue weighted by Gasteiger charge is 2.04. The van der Waals surface area contributed by atoms with E-state index in [1.165, 1.54) is 0 Å². The van der Waals surface area contributed by atoms with Gasteiger partial charge in [0.25, 0.3) is 0 Å². The molecule has 3 nitrogen and oxygen atoms in total. The first-order chi connectivity index (χ1) is 3.42. The minimum Gasteiger partial charge on any atom is -0.323 e. The van der Waals surface area contributed by atoms with E-state index in [4.69, 9.17) is 5.73 Å². The molecule has 1 radical (unpaired) electrons. The minimum atomic E-state index is -2.89. The van der Waals surface area contributed by atoms with Crippen LogP contribution in [0.2, 0.25) is 0 Å². The Morgan fingerprint density at radius 1 is 1.62 bits per heavy atom. The minimum absolute atomic E-state index is 0.00694. The van der Waals surface area contributed by atoms with Crippen molar-refractivity contribution in [2.45, 2.75) is 6.92 Å². The molecular formula is C4H10NO2S. The number of sulfone groups is 1. The Balaban J connectivity index is 3.75. The van der Waals surface area contributed by atoms with Gasteiger partial charge >= 0.3 is 0 Å². The third-order valence-electron chi connectivity index (χ3n) is 0.490. The first-order valence-electron chi connectivity index (χ1n) is 2.17. The molecule has 0 saturated carbocycles. The molecule has 0 rings (SSSR count). The Hall–Kier alpha value is -0.0900. The first-order valence-corrected chi connectivity index (χ1v) is 4.23. The van der Waals surface area contributed by atoms with Gasteiger partial charge in [-0.05, 0) is 6.92 Å². The second-order valence-electron chi connectivity index (χ2n) is 1.92. The summed E-state index contributed by atoms with van der Waals surface area (Å²) in [6.07, 6.45) is 1.16. The first kappa shape index (κ1) is 7.91. The summed E-state index contributed by atoms with van der Waals surface area (Å²) in [7, 11) is -2.89. The zero-order chi connectivity index (χ0) is 6.78. The Labute approximate surface area is 49.8 Å². The van der Waals surface area contributed by atoms with E-state index in [9.17, 15) is 8.42 Å². The molecule has 0 heterocycles. The Morgan fingerprint density at radius 3 is 2.00 bits per heavy atom. The molecule has 8 heavy (non-hydrogen) atoms. The Bertz CT molecular complexity index is 147. The van der Waals surface area contributed by atoms with Crippen LogP contribution in [-0.2, 0) is 9.84 Å². The monoisotopic (exact) mass is 136 g/mol. The van der Waals surface area contributed by atoms with Gasteiger partial charge in [-0.1, -0.05) is 0 Å². The number of nitrogens with two attached hydrogens (primary N) is 1. The largest absolute Gasteiger partial charge is 0.323 e. The van der Waals surface area contributed by atoms with E-state index >= 15 is 0 Å². The lowest BCUT2D eigenvalue weighted by molar-refractivity contribution is 0.601. The lowest BCUT2D eigenvalue weighted by Gasteiger charge is -1.98. The fourth-order valence-corrected chi connectivity index (χ4v) is 1.24. The van der Waals surface area contributed by atoms with Gasteiger partial charge in [-0.25, -0.2) is 8.42 Å². The maximum atomic E-state index is 10.3. The lowest BCUT2D eigenvalue weighted by atomic mass is 10.4. The summed E-state index contributed by atoms with van der Waals surface area (Å²) in [5.41, 5.74) is 5.12. The molecule has 0 atom stereocenters. The maximum absolute atomic E-state index is 10.3. The van der Waals surface area contributed by atoms with Crippen LogP contribution in [0.5, 0.6) is 0 Å². The zero-order valence-electron chi connectivity index (χ0n) is 5.01. The van der Waals surface area contributed by atoms with E-state index < -0.39 is 9.84 Å². The second-order valence-corrected chi connectivity index (χ2v) is 4.06. The van der Waals surface area contributed by atoms with Gasteiger partial charge in [-0.2, -0.15) is 0 Å². The van der Waals surface area contributed by atoms with Crippen LogP contribution in [0.25, 0.3) is 0 Å². The van der Waals surface area contributed by atoms with Crippen LogP contribution in [0.3, 0.4) is 0 Å². The fourth-order valence-electron chi connectivity index (χ4n) is 0.414. The van der Waals surface area contributed by atoms with Crippen LogP contribution in [0.15, 0.2) is 0 Å². The molecule has 0 spiro atoms. The molecule has 2 N–H and O–H groups in total. The van der Waals surface area contributed by atoms with Crippen LogP contribution in [0, 0.1) is 6.04 Å². The molecule has 0 aromatic heterocycles. The van der Waals surface area contributed by atoms with E-state index in [0.29, 0.717) is 6.04 Å². The molecule has 0 aromatic carbocycles. The van der Waals surface area contributed by atoms with Gasteiger partial charge in [0.15, 0.2) is 0 Å². The Kier molecular flexibility index (Phi) is 2.43. The van der Waals surface area contributed by atoms with Gasteiger partial charge in [0.2, 0.25) is 0 Å². The summed E-state index contributed by atoms with van der Waals surface area (Å²) in [6.45, 7) is 1.58. The summed E-state index contributed by atoms with van der Waals surface area (Å²) in [5, 5.41) is 0. The molecule has 0 aliphatic rings. The third-order valence-corrected chi connectivity index (χ3v) is 1.47. The summed E-state index contributed by atoms with van der Waals surface area (Å²) in [5.74, 6) is -0.00694. The molecule has 0 fully saturated rings. The standard InChI is InChI=1S/C4H10NO2S/c1-4(5)3-8(2,6)7/h3,5H2,1-2H3. The highest BCUT2D eigenvalue weighted by molar-refractivity contribution is 7.90. The van der Waals surface area contributed by atoms with E-state index in [1.54, 1.807) is 6.92 Å². The normalized spacial score (nSPS) is 12.5. The van der Waals surface area contributed by atoms with Gasteiger partial charge in [-0.15, -0.1) is 0 Å². The number of hydrogen-bond donors (Lipinski definition) is 1. The van der Waals surface area contributed by atoms with Gasteiger partial charge in [0.05, 0.1) is 5.75 Å². The van der Waals surface area contributed by atoms with Crippen molar-refractivity contribution in [2.75, 3.05) is 12.0 Å². The molecule has 0 bridgehead atoms. The lowest BCUT2D eigenvalue weighted by Crippen LogP contribution is -2.16. The average molecular weight is 136 g/mol. The van der Waals surface area contributed by atoms with Crippen molar-refractivity contribution in [2.24, 2.45) is 5.73 Å². The van der Waals surface area contributed by atoms with Crippen molar-refractivity contribution in [3.8, 4) is 0 Å². The highest BCUT2D eigenvalue weighted by Crippen LogP contribution is 1.91. The van der Waals surface area contributed by atoms with Crippen molar-refractivity contribution in [1.29, 1.82) is 0 Å². The average Bonchev–Trinajstić information content (AvgIpc) is 1.21. The van der Waals surface area contributed by atoms with Crippen LogP contribution in [0.1, 0.15) is 6.92 Å². The van der Waals surface area contributed by atoms with Crippen LogP contribution in [-0.4, -0.2) is 20.4 Å². The molecule has 0 unspecified atom stereocenters. The van der Waals surface area contributed by atoms with E-state index in [1.807, 2.05) is 0 Å². The number of hydrogen-bond acceptors (Lipinski definition) is 3. The van der Waals surface area contributed by atoms with Gasteiger partial charge in [-0.3, -0.25) is 0 Å². The van der Waals surface area contributed by atoms with E-state index in [-0.39, 0.29) is 5.75 Å². The molecule has 49 valence electrons. The van der Waals surface area contributed by atoms with Crippen LogP contribution < -0.4 is 5.73 Å². The summed E-state index contributed by atoms with van der Waals surface area (Å²) in [4.78, 5) is 0. The van der Waals surface area contributed by atoms with Crippen molar-refractivity contribution >= 4 is 9.84 Å². The molecule has 0 aromatic rings. The molecular weight excluding hydrogens is 126 g/mol. The van der Waals surface area contributed by atoms with Crippen molar-refractivity contribution in [3.63, 3.8) is 0 Å². The van der Waals surface area contributed by atoms with Crippen molar-refractivity contribution < 1.29 is 8.42 Å². The SMILES string of the molecule is C[C](N)CS(C)(=O)=O. The van der Waals surface area contributed by atoms with Gasteiger partial charge in [0.1, 0.15) is 9.84 Å². The third kappa shape index (κ3) is 5.91. The fraction of sp³-hybridized carbons (Fsp3) is 0.750. The summed E-state index contributed by atoms with van der Waals surface area (Å²) >= 11 is 0. The molecule has 0 aliphatic heterocycles. The smallest absolute Gasteiger partial charge is 0.149 e. The molecule has 0 saturated heterocycles. The quantitative estimate of drug-likeness (QED) is 0.559. The Morgan fingerprint density at radius 2 is 2.00 bits per heavy atom. The van der Waals surface area contributed by atoms with Crippen LogP contribution in [0.4, 0.5) is 0 Å². The maximum Gasteiger partial charge on any atom is 0.149 e. The van der Waals surface area contributed by atoms with Crippen LogP contribution >= 0.6 is 0 Å². The zero-order valence-corrected chi connectivity index (χ0v) is 5.83. The molecule has 4 heteroatoms. The molecule has 0 aliphatic carbocycles. The van der Waals surface area contributed by atoms with E-state index in [2.05, 4.69) is 0 Å². The highest BCUT2D eigenvalue weighted by atomic mass is 32.2. The van der Waals surface area contributed by atoms with Gasteiger partial charge < -0.3 is 5.73 Å². The summed E-state index contributed by atoms with van der Waals surface area (Å²) < 4.78 is 20.7. The van der Waals surface area contributed by atoms with Crippen molar-refractivity contribution in [3.05, 3.63) is 6.04 Å². The number of rotatable bonds is 2.